The van der Waals surface area contributed by atoms with Gasteiger partial charge >= 0.3 is 0 Å². The van der Waals surface area contributed by atoms with Crippen LogP contribution in [0, 0.1) is 6.92 Å². The van der Waals surface area contributed by atoms with E-state index in [-0.39, 0.29) is 5.91 Å². The van der Waals surface area contributed by atoms with Crippen molar-refractivity contribution in [3.8, 4) is 0 Å². The Hall–Kier alpha value is -1.36. The van der Waals surface area contributed by atoms with Crippen LogP contribution in [0.1, 0.15) is 31.2 Å². The Morgan fingerprint density at radius 1 is 1.69 bits per heavy atom. The number of hydrogen-bond donors (Lipinski definition) is 1. The van der Waals surface area contributed by atoms with Crippen molar-refractivity contribution < 1.29 is 14.4 Å². The summed E-state index contributed by atoms with van der Waals surface area (Å²) in [6.45, 7) is 3.93. The second-order valence-electron chi connectivity index (χ2n) is 4.07. The first-order chi connectivity index (χ1) is 7.49. The summed E-state index contributed by atoms with van der Waals surface area (Å²) in [5.41, 5.74) is 0.741. The second kappa shape index (κ2) is 5.65. The minimum absolute atomic E-state index is 0.00144. The maximum Gasteiger partial charge on any atom is 0.222 e. The molecular weight excluding hydrogens is 208 g/mol. The predicted octanol–water partition coefficient (Wildman–Crippen LogP) is 1.10. The summed E-state index contributed by atoms with van der Waals surface area (Å²) in [6, 6.07) is 1.80. The first-order valence-electron chi connectivity index (χ1n) is 5.33. The van der Waals surface area contributed by atoms with E-state index in [4.69, 9.17) is 9.63 Å². The SMILES string of the molecule is Cc1cc(CN(C)C(=O)CCC(C)O)no1. The molecule has 90 valence electrons. The predicted molar refractivity (Wildman–Crippen MR) is 58.6 cm³/mol. The number of carbonyl (C=O) groups excluding carboxylic acids is 1. The van der Waals surface area contributed by atoms with Crippen LogP contribution in [0.3, 0.4) is 0 Å². The third-order valence-electron chi connectivity index (χ3n) is 2.28. The summed E-state index contributed by atoms with van der Waals surface area (Å²) in [4.78, 5) is 13.2. The number of aryl methyl sites for hydroxylation is 1. The van der Waals surface area contributed by atoms with Gasteiger partial charge in [0.25, 0.3) is 0 Å². The molecule has 0 aliphatic rings. The fourth-order valence-electron chi connectivity index (χ4n) is 1.35. The first kappa shape index (κ1) is 12.7. The highest BCUT2D eigenvalue weighted by molar-refractivity contribution is 5.75. The average Bonchev–Trinajstić information content (AvgIpc) is 2.60. The molecule has 1 atom stereocenters. The molecule has 0 fully saturated rings. The van der Waals surface area contributed by atoms with Gasteiger partial charge in [0.15, 0.2) is 0 Å². The van der Waals surface area contributed by atoms with E-state index in [1.54, 1.807) is 24.9 Å². The lowest BCUT2D eigenvalue weighted by Gasteiger charge is -2.15. The van der Waals surface area contributed by atoms with Crippen LogP contribution in [0.5, 0.6) is 0 Å². The molecule has 0 aromatic carbocycles. The van der Waals surface area contributed by atoms with Gasteiger partial charge in [0, 0.05) is 19.5 Å². The van der Waals surface area contributed by atoms with Gasteiger partial charge in [0.05, 0.1) is 12.6 Å². The van der Waals surface area contributed by atoms with Crippen LogP contribution < -0.4 is 0 Å². The van der Waals surface area contributed by atoms with Gasteiger partial charge in [0.2, 0.25) is 5.91 Å². The lowest BCUT2D eigenvalue weighted by Crippen LogP contribution is -2.26. The molecule has 0 radical (unpaired) electrons. The molecule has 1 heterocycles. The maximum atomic E-state index is 11.6. The van der Waals surface area contributed by atoms with Gasteiger partial charge in [-0.15, -0.1) is 0 Å². The molecule has 0 saturated carbocycles. The Labute approximate surface area is 95.0 Å². The van der Waals surface area contributed by atoms with E-state index in [0.717, 1.165) is 11.5 Å². The van der Waals surface area contributed by atoms with Crippen molar-refractivity contribution in [2.24, 2.45) is 0 Å². The van der Waals surface area contributed by atoms with E-state index < -0.39 is 6.10 Å². The van der Waals surface area contributed by atoms with Gasteiger partial charge in [0.1, 0.15) is 11.5 Å². The zero-order valence-corrected chi connectivity index (χ0v) is 9.93. The monoisotopic (exact) mass is 226 g/mol. The van der Waals surface area contributed by atoms with Crippen molar-refractivity contribution in [3.05, 3.63) is 17.5 Å². The Morgan fingerprint density at radius 2 is 2.38 bits per heavy atom. The summed E-state index contributed by atoms with van der Waals surface area (Å²) in [5.74, 6) is 0.737. The van der Waals surface area contributed by atoms with Crippen molar-refractivity contribution in [2.45, 2.75) is 39.3 Å². The molecule has 0 bridgehead atoms. The van der Waals surface area contributed by atoms with E-state index in [1.807, 2.05) is 6.92 Å². The van der Waals surface area contributed by atoms with Crippen LogP contribution in [0.4, 0.5) is 0 Å². The van der Waals surface area contributed by atoms with Gasteiger partial charge in [-0.05, 0) is 20.3 Å². The normalized spacial score (nSPS) is 12.5. The second-order valence-corrected chi connectivity index (χ2v) is 4.07. The number of carbonyl (C=O) groups is 1. The number of nitrogens with zero attached hydrogens (tertiary/aromatic N) is 2. The number of amides is 1. The Balaban J connectivity index is 2.39. The summed E-state index contributed by atoms with van der Waals surface area (Å²) >= 11 is 0. The van der Waals surface area contributed by atoms with E-state index in [9.17, 15) is 4.79 Å². The number of hydrogen-bond acceptors (Lipinski definition) is 4. The molecule has 1 aromatic heterocycles. The average molecular weight is 226 g/mol. The molecule has 0 aliphatic carbocycles. The van der Waals surface area contributed by atoms with Gasteiger partial charge in [-0.3, -0.25) is 4.79 Å². The lowest BCUT2D eigenvalue weighted by molar-refractivity contribution is -0.131. The molecule has 1 aromatic rings. The molecular formula is C11H18N2O3. The summed E-state index contributed by atoms with van der Waals surface area (Å²) in [6.07, 6.45) is 0.401. The minimum atomic E-state index is -0.438. The van der Waals surface area contributed by atoms with Crippen LogP contribution in [0.15, 0.2) is 10.6 Å². The Bertz CT molecular complexity index is 347. The molecule has 1 rings (SSSR count). The molecule has 16 heavy (non-hydrogen) atoms. The molecule has 0 spiro atoms. The standard InChI is InChI=1S/C11H18N2O3/c1-8(14)4-5-11(15)13(3)7-10-6-9(2)16-12-10/h6,8,14H,4-5,7H2,1-3H3. The van der Waals surface area contributed by atoms with Crippen molar-refractivity contribution in [1.29, 1.82) is 0 Å². The van der Waals surface area contributed by atoms with Crippen LogP contribution in [-0.4, -0.2) is 34.2 Å². The van der Waals surface area contributed by atoms with Crippen molar-refractivity contribution in [3.63, 3.8) is 0 Å². The van der Waals surface area contributed by atoms with Crippen LogP contribution in [-0.2, 0) is 11.3 Å². The van der Waals surface area contributed by atoms with Crippen LogP contribution >= 0.6 is 0 Å². The van der Waals surface area contributed by atoms with Gasteiger partial charge in [-0.25, -0.2) is 0 Å². The lowest BCUT2D eigenvalue weighted by atomic mass is 10.2. The highest BCUT2D eigenvalue weighted by Crippen LogP contribution is 2.06. The largest absolute Gasteiger partial charge is 0.393 e. The highest BCUT2D eigenvalue weighted by atomic mass is 16.5. The summed E-state index contributed by atoms with van der Waals surface area (Å²) in [7, 11) is 1.72. The highest BCUT2D eigenvalue weighted by Gasteiger charge is 2.12. The van der Waals surface area contributed by atoms with E-state index in [1.165, 1.54) is 0 Å². The molecule has 1 amide bonds. The molecule has 5 nitrogen and oxygen atoms in total. The Kier molecular flexibility index (Phi) is 4.49. The zero-order chi connectivity index (χ0) is 12.1. The zero-order valence-electron chi connectivity index (χ0n) is 9.93. The fraction of sp³-hybridized carbons (Fsp3) is 0.636. The van der Waals surface area contributed by atoms with Gasteiger partial charge < -0.3 is 14.5 Å². The summed E-state index contributed by atoms with van der Waals surface area (Å²) in [5, 5.41) is 12.9. The topological polar surface area (TPSA) is 66.6 Å². The van der Waals surface area contributed by atoms with Gasteiger partial charge in [-0.2, -0.15) is 0 Å². The van der Waals surface area contributed by atoms with Crippen LogP contribution in [0.25, 0.3) is 0 Å². The van der Waals surface area contributed by atoms with Crippen molar-refractivity contribution in [1.82, 2.24) is 10.1 Å². The summed E-state index contributed by atoms with van der Waals surface area (Å²) < 4.78 is 4.92. The van der Waals surface area contributed by atoms with Gasteiger partial charge in [-0.1, -0.05) is 5.16 Å². The smallest absolute Gasteiger partial charge is 0.222 e. The minimum Gasteiger partial charge on any atom is -0.393 e. The quantitative estimate of drug-likeness (QED) is 0.816. The molecule has 1 unspecified atom stereocenters. The molecule has 1 N–H and O–H groups in total. The van der Waals surface area contributed by atoms with E-state index in [0.29, 0.717) is 19.4 Å². The Morgan fingerprint density at radius 3 is 2.88 bits per heavy atom. The van der Waals surface area contributed by atoms with E-state index in [2.05, 4.69) is 5.16 Å². The fourth-order valence-corrected chi connectivity index (χ4v) is 1.35. The van der Waals surface area contributed by atoms with Crippen LogP contribution in [0.2, 0.25) is 0 Å². The molecule has 5 heteroatoms. The number of aliphatic hydroxyl groups excluding tert-OH is 1. The molecule has 0 saturated heterocycles. The first-order valence-corrected chi connectivity index (χ1v) is 5.33. The number of aromatic nitrogens is 1. The third-order valence-corrected chi connectivity index (χ3v) is 2.28. The number of aliphatic hydroxyl groups is 1. The number of rotatable bonds is 5. The van der Waals surface area contributed by atoms with Crippen molar-refractivity contribution >= 4 is 5.91 Å². The maximum absolute atomic E-state index is 11.6. The molecule has 0 aliphatic heterocycles. The third kappa shape index (κ3) is 4.02. The van der Waals surface area contributed by atoms with Crippen molar-refractivity contribution in [2.75, 3.05) is 7.05 Å². The van der Waals surface area contributed by atoms with E-state index >= 15 is 0 Å².